The number of nitrogens with zero attached hydrogens (tertiary/aromatic N) is 2. The number of hydrogen-bond donors (Lipinski definition) is 1. The summed E-state index contributed by atoms with van der Waals surface area (Å²) in [4.78, 5) is 17.1. The first-order valence-electron chi connectivity index (χ1n) is 10.1. The van der Waals surface area contributed by atoms with Crippen LogP contribution in [0, 0.1) is 0 Å². The molecule has 0 radical (unpaired) electrons. The number of hydrogen-bond acceptors (Lipinski definition) is 6. The van der Waals surface area contributed by atoms with Gasteiger partial charge < -0.3 is 24.8 Å². The molecule has 1 saturated heterocycles. The van der Waals surface area contributed by atoms with E-state index in [4.69, 9.17) is 19.9 Å². The van der Waals surface area contributed by atoms with Crippen molar-refractivity contribution in [3.8, 4) is 17.2 Å². The van der Waals surface area contributed by atoms with Crippen molar-refractivity contribution in [1.29, 1.82) is 0 Å². The van der Waals surface area contributed by atoms with Gasteiger partial charge in [0.25, 0.3) is 5.91 Å². The standard InChI is InChI=1S/C22H27N3O4/c1-2-11-27-19-6-4-17(13-18(19)23)22(26)25-9-7-24(8-10-25)14-16-3-5-20-21(12-16)29-15-28-20/h3-6,12-13H,2,7-11,14-15,23H2,1H3. The number of piperazine rings is 1. The lowest BCUT2D eigenvalue weighted by molar-refractivity contribution is 0.0628. The quantitative estimate of drug-likeness (QED) is 0.756. The maximum absolute atomic E-state index is 12.9. The molecule has 0 saturated carbocycles. The van der Waals surface area contributed by atoms with E-state index in [0.29, 0.717) is 36.7 Å². The van der Waals surface area contributed by atoms with Crippen molar-refractivity contribution in [2.75, 3.05) is 45.3 Å². The second-order valence-corrected chi connectivity index (χ2v) is 7.36. The third-order valence-corrected chi connectivity index (χ3v) is 5.22. The van der Waals surface area contributed by atoms with Crippen molar-refractivity contribution in [3.63, 3.8) is 0 Å². The highest BCUT2D eigenvalue weighted by atomic mass is 16.7. The molecule has 0 bridgehead atoms. The Morgan fingerprint density at radius 2 is 1.86 bits per heavy atom. The molecule has 0 aliphatic carbocycles. The van der Waals surface area contributed by atoms with Crippen molar-refractivity contribution in [2.24, 2.45) is 0 Å². The van der Waals surface area contributed by atoms with Crippen LogP contribution in [0.25, 0.3) is 0 Å². The molecule has 29 heavy (non-hydrogen) atoms. The number of fused-ring (bicyclic) bond motifs is 1. The molecule has 7 nitrogen and oxygen atoms in total. The topological polar surface area (TPSA) is 77.3 Å². The summed E-state index contributed by atoms with van der Waals surface area (Å²) in [5.41, 5.74) is 8.35. The summed E-state index contributed by atoms with van der Waals surface area (Å²) < 4.78 is 16.4. The Morgan fingerprint density at radius 1 is 1.07 bits per heavy atom. The number of amides is 1. The number of carbonyl (C=O) groups is 1. The van der Waals surface area contributed by atoms with Gasteiger partial charge in [0.05, 0.1) is 12.3 Å². The fourth-order valence-electron chi connectivity index (χ4n) is 3.61. The summed E-state index contributed by atoms with van der Waals surface area (Å²) in [7, 11) is 0. The van der Waals surface area contributed by atoms with Crippen LogP contribution in [0.5, 0.6) is 17.2 Å². The van der Waals surface area contributed by atoms with E-state index >= 15 is 0 Å². The van der Waals surface area contributed by atoms with Crippen molar-refractivity contribution >= 4 is 11.6 Å². The Kier molecular flexibility index (Phi) is 5.76. The molecule has 0 atom stereocenters. The van der Waals surface area contributed by atoms with Gasteiger partial charge in [0.15, 0.2) is 11.5 Å². The van der Waals surface area contributed by atoms with Gasteiger partial charge in [-0.05, 0) is 42.3 Å². The van der Waals surface area contributed by atoms with Crippen molar-refractivity contribution < 1.29 is 19.0 Å². The Labute approximate surface area is 170 Å². The number of benzene rings is 2. The molecule has 1 fully saturated rings. The molecule has 2 aliphatic heterocycles. The highest BCUT2D eigenvalue weighted by molar-refractivity contribution is 5.95. The smallest absolute Gasteiger partial charge is 0.254 e. The molecule has 2 aromatic carbocycles. The van der Waals surface area contributed by atoms with Gasteiger partial charge in [-0.3, -0.25) is 9.69 Å². The van der Waals surface area contributed by atoms with Crippen molar-refractivity contribution in [2.45, 2.75) is 19.9 Å². The highest BCUT2D eigenvalue weighted by Crippen LogP contribution is 2.33. The first kappa shape index (κ1) is 19.4. The Morgan fingerprint density at radius 3 is 2.62 bits per heavy atom. The van der Waals surface area contributed by atoms with Gasteiger partial charge in [-0.1, -0.05) is 13.0 Å². The van der Waals surface area contributed by atoms with Gasteiger partial charge in [0, 0.05) is 38.3 Å². The van der Waals surface area contributed by atoms with Crippen molar-refractivity contribution in [3.05, 3.63) is 47.5 Å². The van der Waals surface area contributed by atoms with Crippen LogP contribution in [0.2, 0.25) is 0 Å². The summed E-state index contributed by atoms with van der Waals surface area (Å²) in [5, 5.41) is 0. The number of nitrogen functional groups attached to an aromatic ring is 1. The average molecular weight is 397 g/mol. The maximum atomic E-state index is 12.9. The highest BCUT2D eigenvalue weighted by Gasteiger charge is 2.23. The third kappa shape index (κ3) is 4.40. The average Bonchev–Trinajstić information content (AvgIpc) is 3.21. The summed E-state index contributed by atoms with van der Waals surface area (Å²) in [6.45, 7) is 6.81. The van der Waals surface area contributed by atoms with Crippen LogP contribution in [0.4, 0.5) is 5.69 Å². The fourth-order valence-corrected chi connectivity index (χ4v) is 3.61. The SMILES string of the molecule is CCCOc1ccc(C(=O)N2CCN(Cc3ccc4c(c3)OCO4)CC2)cc1N. The number of carbonyl (C=O) groups excluding carboxylic acids is 1. The number of anilines is 1. The minimum absolute atomic E-state index is 0.0153. The molecular weight excluding hydrogens is 370 g/mol. The monoisotopic (exact) mass is 397 g/mol. The molecule has 2 aliphatic rings. The van der Waals surface area contributed by atoms with Crippen LogP contribution < -0.4 is 19.9 Å². The van der Waals surface area contributed by atoms with E-state index in [-0.39, 0.29) is 12.7 Å². The summed E-state index contributed by atoms with van der Waals surface area (Å²) in [5.74, 6) is 2.26. The van der Waals surface area contributed by atoms with E-state index in [1.165, 1.54) is 5.56 Å². The van der Waals surface area contributed by atoms with Gasteiger partial charge in [-0.25, -0.2) is 0 Å². The minimum Gasteiger partial charge on any atom is -0.491 e. The molecule has 2 N–H and O–H groups in total. The lowest BCUT2D eigenvalue weighted by Gasteiger charge is -2.35. The first-order valence-corrected chi connectivity index (χ1v) is 10.1. The van der Waals surface area contributed by atoms with Crippen LogP contribution in [0.15, 0.2) is 36.4 Å². The first-order chi connectivity index (χ1) is 14.1. The number of rotatable bonds is 6. The van der Waals surface area contributed by atoms with Gasteiger partial charge in [0.1, 0.15) is 5.75 Å². The van der Waals surface area contributed by atoms with Crippen LogP contribution in [0.1, 0.15) is 29.3 Å². The second-order valence-electron chi connectivity index (χ2n) is 7.36. The zero-order valence-corrected chi connectivity index (χ0v) is 16.7. The molecule has 154 valence electrons. The second kappa shape index (κ2) is 8.61. The van der Waals surface area contributed by atoms with Crippen LogP contribution >= 0.6 is 0 Å². The molecule has 2 aromatic rings. The largest absolute Gasteiger partial charge is 0.491 e. The molecule has 7 heteroatoms. The van der Waals surface area contributed by atoms with E-state index in [0.717, 1.165) is 37.6 Å². The molecule has 0 aromatic heterocycles. The summed E-state index contributed by atoms with van der Waals surface area (Å²) >= 11 is 0. The zero-order chi connectivity index (χ0) is 20.2. The lowest BCUT2D eigenvalue weighted by Crippen LogP contribution is -2.48. The fraction of sp³-hybridized carbons (Fsp3) is 0.409. The molecule has 4 rings (SSSR count). The molecule has 2 heterocycles. The summed E-state index contributed by atoms with van der Waals surface area (Å²) in [6.07, 6.45) is 0.913. The summed E-state index contributed by atoms with van der Waals surface area (Å²) in [6, 6.07) is 11.3. The zero-order valence-electron chi connectivity index (χ0n) is 16.7. The maximum Gasteiger partial charge on any atom is 0.254 e. The van der Waals surface area contributed by atoms with E-state index in [9.17, 15) is 4.79 Å². The van der Waals surface area contributed by atoms with Crippen LogP contribution in [-0.4, -0.2) is 55.3 Å². The van der Waals surface area contributed by atoms with Crippen LogP contribution in [-0.2, 0) is 6.54 Å². The van der Waals surface area contributed by atoms with Crippen LogP contribution in [0.3, 0.4) is 0 Å². The minimum atomic E-state index is 0.0153. The van der Waals surface area contributed by atoms with E-state index in [2.05, 4.69) is 11.0 Å². The Balaban J connectivity index is 1.32. The number of nitrogens with two attached hydrogens (primary N) is 1. The Bertz CT molecular complexity index is 878. The van der Waals surface area contributed by atoms with Gasteiger partial charge in [-0.2, -0.15) is 0 Å². The molecule has 0 unspecified atom stereocenters. The molecule has 0 spiro atoms. The van der Waals surface area contributed by atoms with E-state index < -0.39 is 0 Å². The predicted octanol–water partition coefficient (Wildman–Crippen LogP) is 2.74. The van der Waals surface area contributed by atoms with Gasteiger partial charge >= 0.3 is 0 Å². The van der Waals surface area contributed by atoms with Gasteiger partial charge in [0.2, 0.25) is 6.79 Å². The Hall–Kier alpha value is -2.93. The predicted molar refractivity (Wildman–Crippen MR) is 110 cm³/mol. The lowest BCUT2D eigenvalue weighted by atomic mass is 10.1. The number of ether oxygens (including phenoxy) is 3. The molecule has 1 amide bonds. The van der Waals surface area contributed by atoms with Gasteiger partial charge in [-0.15, -0.1) is 0 Å². The normalized spacial score (nSPS) is 16.1. The molecular formula is C22H27N3O4. The van der Waals surface area contributed by atoms with Crippen molar-refractivity contribution in [1.82, 2.24) is 9.80 Å². The van der Waals surface area contributed by atoms with E-state index in [1.807, 2.05) is 24.0 Å². The third-order valence-electron chi connectivity index (χ3n) is 5.22. The van der Waals surface area contributed by atoms with E-state index in [1.54, 1.807) is 18.2 Å².